The number of aryl methyl sites for hydroxylation is 3. The number of ketones is 1. The zero-order chi connectivity index (χ0) is 32.6. The molecule has 2 radical (unpaired) electrons. The van der Waals surface area contributed by atoms with E-state index in [1.807, 2.05) is 0 Å². The molecule has 0 heterocycles. The van der Waals surface area contributed by atoms with Gasteiger partial charge in [-0.15, -0.1) is 0 Å². The normalized spacial score (nSPS) is 8.66. The molecule has 0 saturated carbocycles. The number of carbonyl (C=O) groups excluding carboxylic acids is 2. The average molecular weight is 638 g/mol. The van der Waals surface area contributed by atoms with E-state index >= 15 is 0 Å². The van der Waals surface area contributed by atoms with Gasteiger partial charge in [0.1, 0.15) is 13.2 Å². The molecule has 0 fully saturated rings. The molecule has 0 aliphatic heterocycles. The van der Waals surface area contributed by atoms with Gasteiger partial charge in [-0.1, -0.05) is 59.7 Å². The smallest absolute Gasteiger partial charge is 0.350 e. The summed E-state index contributed by atoms with van der Waals surface area (Å²) in [7, 11) is 0.749. The van der Waals surface area contributed by atoms with Gasteiger partial charge in [0.15, 0.2) is 5.78 Å². The Kier molecular flexibility index (Phi) is 36.8. The summed E-state index contributed by atoms with van der Waals surface area (Å²) in [5.74, 6) is 0.185. The van der Waals surface area contributed by atoms with Gasteiger partial charge in [-0.05, 0) is 62.4 Å². The van der Waals surface area contributed by atoms with E-state index in [2.05, 4.69) is 75.2 Å². The highest BCUT2D eigenvalue weighted by Gasteiger charge is 2.01. The first-order valence-electron chi connectivity index (χ1n) is 11.6. The topological polar surface area (TPSA) is 195 Å². The maximum absolute atomic E-state index is 11.2. The molecule has 2 aromatic carbocycles. The maximum Gasteiger partial charge on any atom is 0.350 e. The highest BCUT2D eigenvalue weighted by Crippen LogP contribution is 2.08. The molecule has 0 unspecified atom stereocenters. The van der Waals surface area contributed by atoms with Crippen LogP contribution in [0.1, 0.15) is 35.1 Å². The van der Waals surface area contributed by atoms with Crippen molar-refractivity contribution in [1.29, 1.82) is 9.56 Å². The van der Waals surface area contributed by atoms with Gasteiger partial charge >= 0.3 is 29.1 Å². The van der Waals surface area contributed by atoms with Crippen LogP contribution in [0, 0.1) is 23.4 Å². The van der Waals surface area contributed by atoms with Crippen LogP contribution in [0.3, 0.4) is 0 Å². The lowest BCUT2D eigenvalue weighted by atomic mass is 10.0. The number of ether oxygens (including phenoxy) is 2. The molecule has 2 rings (SSSR count). The summed E-state index contributed by atoms with van der Waals surface area (Å²) in [5.41, 5.74) is 10.6. The van der Waals surface area contributed by atoms with E-state index in [1.165, 1.54) is 29.4 Å². The highest BCUT2D eigenvalue weighted by atomic mass is 35.5. The van der Waals surface area contributed by atoms with E-state index < -0.39 is 26.2 Å². The number of carbonyl (C=O) groups is 2. The van der Waals surface area contributed by atoms with Gasteiger partial charge in [-0.2, -0.15) is 26.4 Å². The minimum absolute atomic E-state index is 0.00154. The fourth-order valence-electron chi connectivity index (χ4n) is 2.74. The summed E-state index contributed by atoms with van der Waals surface area (Å²) in [6.07, 6.45) is 3.48. The first-order valence-corrected chi connectivity index (χ1v) is 14.1. The van der Waals surface area contributed by atoms with Crippen LogP contribution in [0.4, 0.5) is 4.32 Å². The van der Waals surface area contributed by atoms with Crippen molar-refractivity contribution >= 4 is 51.8 Å². The Morgan fingerprint density at radius 2 is 1.24 bits per heavy atom. The molecule has 0 aliphatic rings. The summed E-state index contributed by atoms with van der Waals surface area (Å²) in [6, 6.07) is 16.9. The second-order valence-electron chi connectivity index (χ2n) is 7.60. The number of rotatable bonds is 10. The van der Waals surface area contributed by atoms with Gasteiger partial charge in [0.05, 0.1) is 0 Å². The van der Waals surface area contributed by atoms with Gasteiger partial charge < -0.3 is 19.5 Å². The van der Waals surface area contributed by atoms with E-state index in [1.54, 1.807) is 7.11 Å². The molecule has 0 aliphatic carbocycles. The third-order valence-corrected chi connectivity index (χ3v) is 4.19. The number of Topliss-reactive ketones (excluding diaryl/α,β-unsaturated/α-hetero) is 1. The SMILES string of the molecule is COCC(=O)CCCc1cccc(C)c1.COCC(=O)Cl.Cc1cccc(CCN)c1.N=S(=O)=O.N=S(=O)=O.[B]F. The molecular formula is C25H38BClFN3O8S2. The minimum Gasteiger partial charge on any atom is -0.377 e. The number of hydrogen-bond acceptors (Lipinski definition) is 11. The van der Waals surface area contributed by atoms with Gasteiger partial charge in [0, 0.05) is 20.6 Å². The van der Waals surface area contributed by atoms with Crippen molar-refractivity contribution in [3.8, 4) is 0 Å². The predicted octanol–water partition coefficient (Wildman–Crippen LogP) is 3.72. The number of halogens is 2. The van der Waals surface area contributed by atoms with Crippen LogP contribution in [-0.2, 0) is 52.9 Å². The van der Waals surface area contributed by atoms with Gasteiger partial charge in [0.25, 0.3) is 0 Å². The molecule has 4 N–H and O–H groups in total. The second kappa shape index (κ2) is 33.4. The van der Waals surface area contributed by atoms with Crippen molar-refractivity contribution in [2.45, 2.75) is 39.5 Å². The average Bonchev–Trinajstić information content (AvgIpc) is 2.86. The first-order chi connectivity index (χ1) is 19.3. The Balaban J connectivity index is -0.000000228. The standard InChI is InChI=1S/C13H18O2.C9H13N.C3H5ClO2.BF.2HNO2S/c1-11-5-3-6-12(9-11)7-4-8-13(14)10-15-2;1-8-3-2-4-9(7-8)5-6-10;1-6-2-3(4)5;1-2;2*1-4(2)3/h3,5-6,9H,4,7-8,10H2,1-2H3;2-4,7H,5-6,10H2,1H3;2H2,1H3;;2*1H. The fourth-order valence-corrected chi connectivity index (χ4v) is 2.85. The fraction of sp³-hybridized carbons (Fsp3) is 0.440. The zero-order valence-corrected chi connectivity index (χ0v) is 26.0. The van der Waals surface area contributed by atoms with Crippen LogP contribution in [0.2, 0.25) is 0 Å². The van der Waals surface area contributed by atoms with E-state index in [9.17, 15) is 9.59 Å². The Hall–Kier alpha value is -2.82. The van der Waals surface area contributed by atoms with Crippen molar-refractivity contribution in [1.82, 2.24) is 0 Å². The van der Waals surface area contributed by atoms with E-state index in [-0.39, 0.29) is 19.0 Å². The second-order valence-corrected chi connectivity index (χ2v) is 8.96. The van der Waals surface area contributed by atoms with Crippen molar-refractivity contribution in [2.75, 3.05) is 34.0 Å². The largest absolute Gasteiger partial charge is 0.377 e. The summed E-state index contributed by atoms with van der Waals surface area (Å²) in [6.45, 7) is 5.17. The van der Waals surface area contributed by atoms with Gasteiger partial charge in [-0.3, -0.25) is 9.59 Å². The van der Waals surface area contributed by atoms with Crippen LogP contribution in [0.25, 0.3) is 0 Å². The number of hydrogen-bond donors (Lipinski definition) is 3. The Labute approximate surface area is 251 Å². The Morgan fingerprint density at radius 1 is 0.854 bits per heavy atom. The lowest BCUT2D eigenvalue weighted by Gasteiger charge is -2.02. The minimum atomic E-state index is -2.61. The number of benzene rings is 2. The Bertz CT molecular complexity index is 1150. The lowest BCUT2D eigenvalue weighted by molar-refractivity contribution is -0.122. The van der Waals surface area contributed by atoms with Crippen molar-refractivity contribution in [3.05, 3.63) is 70.8 Å². The van der Waals surface area contributed by atoms with Crippen LogP contribution < -0.4 is 5.73 Å². The first kappa shape index (κ1) is 45.2. The van der Waals surface area contributed by atoms with Crippen molar-refractivity contribution in [2.24, 2.45) is 5.73 Å². The van der Waals surface area contributed by atoms with Crippen LogP contribution in [-0.4, -0.2) is 70.0 Å². The molecule has 0 atom stereocenters. The number of nitrogens with two attached hydrogens (primary N) is 1. The van der Waals surface area contributed by atoms with Crippen LogP contribution in [0.15, 0.2) is 48.5 Å². The maximum atomic E-state index is 11.2. The van der Waals surface area contributed by atoms with E-state index in [0.717, 1.165) is 25.8 Å². The third kappa shape index (κ3) is 44.4. The monoisotopic (exact) mass is 637 g/mol. The molecule has 0 bridgehead atoms. The van der Waals surface area contributed by atoms with Crippen LogP contribution >= 0.6 is 11.6 Å². The van der Waals surface area contributed by atoms with E-state index in [4.69, 9.17) is 52.8 Å². The van der Waals surface area contributed by atoms with Gasteiger partial charge in [-0.25, -0.2) is 0 Å². The van der Waals surface area contributed by atoms with Crippen LogP contribution in [0.5, 0.6) is 0 Å². The molecule has 2 aromatic rings. The molecular weight excluding hydrogens is 600 g/mol. The predicted molar refractivity (Wildman–Crippen MR) is 158 cm³/mol. The molecule has 0 spiro atoms. The molecule has 11 nitrogen and oxygen atoms in total. The molecule has 16 heteroatoms. The molecule has 0 amide bonds. The van der Waals surface area contributed by atoms with Crippen molar-refractivity contribution < 1.29 is 40.2 Å². The summed E-state index contributed by atoms with van der Waals surface area (Å²) < 4.78 is 63.8. The molecule has 0 saturated heterocycles. The Morgan fingerprint density at radius 3 is 1.54 bits per heavy atom. The van der Waals surface area contributed by atoms with Crippen molar-refractivity contribution in [3.63, 3.8) is 0 Å². The van der Waals surface area contributed by atoms with Gasteiger partial charge in [0.2, 0.25) is 5.24 Å². The third-order valence-electron chi connectivity index (χ3n) is 4.08. The quantitative estimate of drug-likeness (QED) is 0.257. The van der Waals surface area contributed by atoms with E-state index in [0.29, 0.717) is 6.42 Å². The summed E-state index contributed by atoms with van der Waals surface area (Å²) >= 11 is 4.81. The summed E-state index contributed by atoms with van der Waals surface area (Å²) in [5, 5.41) is -0.461. The molecule has 0 aromatic heterocycles. The lowest BCUT2D eigenvalue weighted by Crippen LogP contribution is -2.06. The molecule has 230 valence electrons. The summed E-state index contributed by atoms with van der Waals surface area (Å²) in [4.78, 5) is 20.9. The highest BCUT2D eigenvalue weighted by molar-refractivity contribution is 7.60. The number of methoxy groups -OCH3 is 2. The zero-order valence-electron chi connectivity index (χ0n) is 23.6. The molecule has 41 heavy (non-hydrogen) atoms. The number of nitrogens with one attached hydrogen (secondary N) is 2.